The Labute approximate surface area is 117 Å². The van der Waals surface area contributed by atoms with Gasteiger partial charge in [0.15, 0.2) is 0 Å². The Kier molecular flexibility index (Phi) is 4.71. The van der Waals surface area contributed by atoms with Gasteiger partial charge in [0, 0.05) is 19.0 Å². The maximum atomic E-state index is 13.6. The van der Waals surface area contributed by atoms with Crippen LogP contribution >= 0.6 is 0 Å². The molecule has 2 N–H and O–H groups in total. The van der Waals surface area contributed by atoms with E-state index in [4.69, 9.17) is 0 Å². The highest BCUT2D eigenvalue weighted by Gasteiger charge is 2.22. The van der Waals surface area contributed by atoms with Crippen molar-refractivity contribution < 1.29 is 14.0 Å². The number of rotatable bonds is 6. The van der Waals surface area contributed by atoms with Crippen LogP contribution in [0.25, 0.3) is 0 Å². The zero-order valence-electron chi connectivity index (χ0n) is 11.5. The molecule has 5 heteroatoms. The van der Waals surface area contributed by atoms with E-state index in [2.05, 4.69) is 10.6 Å². The van der Waals surface area contributed by atoms with Crippen molar-refractivity contribution in [3.63, 3.8) is 0 Å². The lowest BCUT2D eigenvalue weighted by molar-refractivity contribution is -0.121. The molecule has 1 aliphatic rings. The molecule has 0 spiro atoms. The molecule has 0 unspecified atom stereocenters. The average molecular weight is 278 g/mol. The van der Waals surface area contributed by atoms with Gasteiger partial charge in [0.25, 0.3) is 5.91 Å². The van der Waals surface area contributed by atoms with Crippen LogP contribution < -0.4 is 10.6 Å². The summed E-state index contributed by atoms with van der Waals surface area (Å²) in [5, 5.41) is 5.50. The Hall–Kier alpha value is -1.91. The molecule has 1 saturated carbocycles. The normalized spacial score (nSPS) is 13.9. The summed E-state index contributed by atoms with van der Waals surface area (Å²) in [7, 11) is 0. The third-order valence-corrected chi connectivity index (χ3v) is 3.18. The van der Waals surface area contributed by atoms with Crippen LogP contribution in [0.4, 0.5) is 4.39 Å². The molecular weight excluding hydrogens is 259 g/mol. The van der Waals surface area contributed by atoms with Crippen LogP contribution in [0.2, 0.25) is 0 Å². The minimum atomic E-state index is -0.519. The first-order valence-corrected chi connectivity index (χ1v) is 6.90. The van der Waals surface area contributed by atoms with Gasteiger partial charge in [-0.15, -0.1) is 0 Å². The van der Waals surface area contributed by atoms with E-state index in [0.717, 1.165) is 18.4 Å². The summed E-state index contributed by atoms with van der Waals surface area (Å²) >= 11 is 0. The molecule has 1 aliphatic carbocycles. The van der Waals surface area contributed by atoms with E-state index in [1.54, 1.807) is 13.0 Å². The van der Waals surface area contributed by atoms with Gasteiger partial charge in [0.05, 0.1) is 5.56 Å². The van der Waals surface area contributed by atoms with Gasteiger partial charge in [0.1, 0.15) is 5.82 Å². The molecular formula is C15H19FN2O2. The summed E-state index contributed by atoms with van der Waals surface area (Å²) in [4.78, 5) is 23.2. The molecule has 0 aliphatic heterocycles. The number of hydrogen-bond donors (Lipinski definition) is 2. The Morgan fingerprint density at radius 3 is 2.75 bits per heavy atom. The summed E-state index contributed by atoms with van der Waals surface area (Å²) in [6.07, 6.45) is 3.06. The van der Waals surface area contributed by atoms with Gasteiger partial charge in [-0.1, -0.05) is 6.07 Å². The number of nitrogens with one attached hydrogen (secondary N) is 2. The topological polar surface area (TPSA) is 58.2 Å². The summed E-state index contributed by atoms with van der Waals surface area (Å²) in [6.45, 7) is 2.13. The lowest BCUT2D eigenvalue weighted by Gasteiger charge is -2.07. The second-order valence-corrected chi connectivity index (χ2v) is 5.18. The van der Waals surface area contributed by atoms with Crippen LogP contribution in [0.5, 0.6) is 0 Å². The molecule has 0 bridgehead atoms. The Balaban J connectivity index is 1.70. The molecule has 0 aromatic heterocycles. The molecule has 108 valence electrons. The minimum absolute atomic E-state index is 0.0169. The number of carbonyl (C=O) groups excluding carboxylic acids is 2. The van der Waals surface area contributed by atoms with Crippen molar-refractivity contribution in [2.24, 2.45) is 0 Å². The SMILES string of the molecule is Cc1ccc(C(=O)NCCCC(=O)NC2CC2)c(F)c1. The Morgan fingerprint density at radius 2 is 2.10 bits per heavy atom. The molecule has 20 heavy (non-hydrogen) atoms. The minimum Gasteiger partial charge on any atom is -0.353 e. The number of aryl methyl sites for hydroxylation is 1. The molecule has 4 nitrogen and oxygen atoms in total. The van der Waals surface area contributed by atoms with E-state index in [0.29, 0.717) is 25.4 Å². The molecule has 1 aromatic rings. The molecule has 0 saturated heterocycles. The predicted molar refractivity (Wildman–Crippen MR) is 73.9 cm³/mol. The van der Waals surface area contributed by atoms with Crippen molar-refractivity contribution in [2.45, 2.75) is 38.6 Å². The first kappa shape index (κ1) is 14.5. The second kappa shape index (κ2) is 6.50. The van der Waals surface area contributed by atoms with Gasteiger partial charge < -0.3 is 10.6 Å². The quantitative estimate of drug-likeness (QED) is 0.781. The number of halogens is 1. The smallest absolute Gasteiger partial charge is 0.254 e. The van der Waals surface area contributed by atoms with E-state index in [1.165, 1.54) is 12.1 Å². The van der Waals surface area contributed by atoms with Crippen molar-refractivity contribution in [3.05, 3.63) is 35.1 Å². The maximum Gasteiger partial charge on any atom is 0.254 e. The Bertz CT molecular complexity index is 513. The summed E-state index contributed by atoms with van der Waals surface area (Å²) < 4.78 is 13.6. The van der Waals surface area contributed by atoms with Crippen LogP contribution in [0.3, 0.4) is 0 Å². The fourth-order valence-electron chi connectivity index (χ4n) is 1.88. The van der Waals surface area contributed by atoms with Crippen LogP contribution in [0.15, 0.2) is 18.2 Å². The fraction of sp³-hybridized carbons (Fsp3) is 0.467. The number of carbonyl (C=O) groups is 2. The highest BCUT2D eigenvalue weighted by molar-refractivity contribution is 5.94. The number of hydrogen-bond acceptors (Lipinski definition) is 2. The standard InChI is InChI=1S/C15H19FN2O2/c1-10-4-7-12(13(16)9-10)15(20)17-8-2-3-14(19)18-11-5-6-11/h4,7,9,11H,2-3,5-6,8H2,1H3,(H,17,20)(H,18,19). The summed E-state index contributed by atoms with van der Waals surface area (Å²) in [5.41, 5.74) is 0.814. The zero-order valence-corrected chi connectivity index (χ0v) is 11.5. The molecule has 2 rings (SSSR count). The van der Waals surface area contributed by atoms with Crippen LogP contribution in [0.1, 0.15) is 41.6 Å². The van der Waals surface area contributed by atoms with Gasteiger partial charge >= 0.3 is 0 Å². The van der Waals surface area contributed by atoms with Crippen LogP contribution in [-0.2, 0) is 4.79 Å². The largest absolute Gasteiger partial charge is 0.353 e. The lowest BCUT2D eigenvalue weighted by Crippen LogP contribution is -2.28. The van der Waals surface area contributed by atoms with Crippen LogP contribution in [-0.4, -0.2) is 24.4 Å². The first-order valence-electron chi connectivity index (χ1n) is 6.90. The number of amides is 2. The average Bonchev–Trinajstić information content (AvgIpc) is 3.18. The van der Waals surface area contributed by atoms with E-state index < -0.39 is 11.7 Å². The van der Waals surface area contributed by atoms with Crippen molar-refractivity contribution in [1.82, 2.24) is 10.6 Å². The molecule has 0 radical (unpaired) electrons. The van der Waals surface area contributed by atoms with Gasteiger partial charge in [-0.3, -0.25) is 9.59 Å². The number of benzene rings is 1. The van der Waals surface area contributed by atoms with E-state index >= 15 is 0 Å². The maximum absolute atomic E-state index is 13.6. The van der Waals surface area contributed by atoms with Gasteiger partial charge in [0.2, 0.25) is 5.91 Å². The fourth-order valence-corrected chi connectivity index (χ4v) is 1.88. The zero-order chi connectivity index (χ0) is 14.5. The van der Waals surface area contributed by atoms with Crippen molar-refractivity contribution >= 4 is 11.8 Å². The van der Waals surface area contributed by atoms with Crippen molar-refractivity contribution in [3.8, 4) is 0 Å². The molecule has 0 heterocycles. The van der Waals surface area contributed by atoms with Crippen molar-refractivity contribution in [2.75, 3.05) is 6.54 Å². The first-order chi connectivity index (χ1) is 9.56. The van der Waals surface area contributed by atoms with Gasteiger partial charge in [-0.25, -0.2) is 4.39 Å². The lowest BCUT2D eigenvalue weighted by atomic mass is 10.1. The highest BCUT2D eigenvalue weighted by atomic mass is 19.1. The summed E-state index contributed by atoms with van der Waals surface area (Å²) in [6, 6.07) is 4.86. The Morgan fingerprint density at radius 1 is 1.35 bits per heavy atom. The van der Waals surface area contributed by atoms with E-state index in [-0.39, 0.29) is 11.5 Å². The molecule has 2 amide bonds. The third-order valence-electron chi connectivity index (χ3n) is 3.18. The second-order valence-electron chi connectivity index (χ2n) is 5.18. The molecule has 1 aromatic carbocycles. The third kappa shape index (κ3) is 4.33. The van der Waals surface area contributed by atoms with E-state index in [9.17, 15) is 14.0 Å². The van der Waals surface area contributed by atoms with Gasteiger partial charge in [-0.2, -0.15) is 0 Å². The molecule has 1 fully saturated rings. The predicted octanol–water partition coefficient (Wildman–Crippen LogP) is 1.92. The highest BCUT2D eigenvalue weighted by Crippen LogP contribution is 2.18. The van der Waals surface area contributed by atoms with Crippen molar-refractivity contribution in [1.29, 1.82) is 0 Å². The molecule has 0 atom stereocenters. The van der Waals surface area contributed by atoms with E-state index in [1.807, 2.05) is 0 Å². The van der Waals surface area contributed by atoms with Crippen LogP contribution in [0, 0.1) is 12.7 Å². The summed E-state index contributed by atoms with van der Waals surface area (Å²) in [5.74, 6) is -0.942. The monoisotopic (exact) mass is 278 g/mol. The van der Waals surface area contributed by atoms with Gasteiger partial charge in [-0.05, 0) is 43.9 Å².